The van der Waals surface area contributed by atoms with Gasteiger partial charge in [0.2, 0.25) is 0 Å². The maximum atomic E-state index is 2.35. The largest absolute Gasteiger partial charge is 0.0619 e. The minimum atomic E-state index is 1.06. The lowest BCUT2D eigenvalue weighted by Gasteiger charge is -2.12. The van der Waals surface area contributed by atoms with Crippen molar-refractivity contribution < 1.29 is 0 Å². The van der Waals surface area contributed by atoms with E-state index in [1.807, 2.05) is 0 Å². The molecule has 0 bridgehead atoms. The van der Waals surface area contributed by atoms with Crippen LogP contribution in [0.3, 0.4) is 0 Å². The van der Waals surface area contributed by atoms with Gasteiger partial charge in [-0.05, 0) is 69.3 Å². The van der Waals surface area contributed by atoms with Gasteiger partial charge in [0, 0.05) is 0 Å². The summed E-state index contributed by atoms with van der Waals surface area (Å²) in [5.74, 6) is 0. The van der Waals surface area contributed by atoms with Crippen molar-refractivity contribution in [3.05, 3.63) is 101 Å². The lowest BCUT2D eigenvalue weighted by Crippen LogP contribution is -1.90. The molecule has 0 amide bonds. The Hall–Kier alpha value is -2.86. The van der Waals surface area contributed by atoms with Crippen molar-refractivity contribution in [3.63, 3.8) is 0 Å². The minimum absolute atomic E-state index is 1.06. The molecule has 1 aliphatic rings. The lowest BCUT2D eigenvalue weighted by atomic mass is 9.91. The van der Waals surface area contributed by atoms with Crippen molar-refractivity contribution in [1.82, 2.24) is 0 Å². The summed E-state index contributed by atoms with van der Waals surface area (Å²) in [6.07, 6.45) is 1.06. The Bertz CT molecular complexity index is 1130. The van der Waals surface area contributed by atoms with Crippen LogP contribution in [0.5, 0.6) is 0 Å². The molecule has 0 saturated heterocycles. The molecule has 5 rings (SSSR count). The fourth-order valence-corrected chi connectivity index (χ4v) is 4.08. The molecule has 24 heavy (non-hydrogen) atoms. The maximum absolute atomic E-state index is 2.35. The van der Waals surface area contributed by atoms with Gasteiger partial charge in [0.15, 0.2) is 0 Å². The SMILES string of the molecule is CC1=C(c2cccc3cc4ccccc4cc23)c2ccccc2C1. The smallest absolute Gasteiger partial charge is 0.00543 e. The molecule has 0 spiro atoms. The Kier molecular flexibility index (Phi) is 2.87. The highest BCUT2D eigenvalue weighted by Gasteiger charge is 2.21. The maximum Gasteiger partial charge on any atom is -0.00543 e. The standard InChI is InChI=1S/C24H18/c1-16-13-19-9-4-5-11-21(19)24(16)22-12-6-10-20-14-17-7-2-3-8-18(17)15-23(20)22/h2-12,14-15H,13H2,1H3. The monoisotopic (exact) mass is 306 g/mol. The normalized spacial score (nSPS) is 13.7. The van der Waals surface area contributed by atoms with Gasteiger partial charge in [0.25, 0.3) is 0 Å². The number of benzene rings is 4. The van der Waals surface area contributed by atoms with Gasteiger partial charge in [-0.1, -0.05) is 72.3 Å². The fraction of sp³-hybridized carbons (Fsp3) is 0.0833. The molecule has 0 heteroatoms. The second-order valence-corrected chi connectivity index (χ2v) is 6.72. The van der Waals surface area contributed by atoms with Gasteiger partial charge in [-0.3, -0.25) is 0 Å². The fourth-order valence-electron chi connectivity index (χ4n) is 4.08. The molecule has 0 fully saturated rings. The number of hydrogen-bond donors (Lipinski definition) is 0. The molecule has 4 aromatic carbocycles. The molecule has 4 aromatic rings. The van der Waals surface area contributed by atoms with Crippen LogP contribution in [0.25, 0.3) is 27.1 Å². The van der Waals surface area contributed by atoms with Crippen LogP contribution >= 0.6 is 0 Å². The Labute approximate surface area is 142 Å². The highest BCUT2D eigenvalue weighted by Crippen LogP contribution is 2.40. The average Bonchev–Trinajstić information content (AvgIpc) is 2.95. The van der Waals surface area contributed by atoms with E-state index in [0.29, 0.717) is 0 Å². The van der Waals surface area contributed by atoms with Crippen molar-refractivity contribution in [3.8, 4) is 0 Å². The Morgan fingerprint density at radius 1 is 0.625 bits per heavy atom. The summed E-state index contributed by atoms with van der Waals surface area (Å²) >= 11 is 0. The summed E-state index contributed by atoms with van der Waals surface area (Å²) in [5.41, 5.74) is 7.10. The first-order valence-corrected chi connectivity index (χ1v) is 8.51. The molecule has 1 aliphatic carbocycles. The zero-order chi connectivity index (χ0) is 16.1. The van der Waals surface area contributed by atoms with E-state index in [4.69, 9.17) is 0 Å². The van der Waals surface area contributed by atoms with E-state index >= 15 is 0 Å². The van der Waals surface area contributed by atoms with Crippen molar-refractivity contribution in [1.29, 1.82) is 0 Å². The van der Waals surface area contributed by atoms with Gasteiger partial charge in [0.1, 0.15) is 0 Å². The molecule has 114 valence electrons. The second-order valence-electron chi connectivity index (χ2n) is 6.72. The molecule has 0 nitrogen and oxygen atoms in total. The van der Waals surface area contributed by atoms with E-state index in [0.717, 1.165) is 6.42 Å². The second kappa shape index (κ2) is 5.07. The highest BCUT2D eigenvalue weighted by atomic mass is 14.2. The van der Waals surface area contributed by atoms with E-state index in [9.17, 15) is 0 Å². The molecular formula is C24H18. The molecule has 0 atom stereocenters. The van der Waals surface area contributed by atoms with E-state index in [2.05, 4.69) is 85.8 Å². The number of hydrogen-bond acceptors (Lipinski definition) is 0. The summed E-state index contributed by atoms with van der Waals surface area (Å²) in [6, 6.07) is 28.8. The molecule has 0 radical (unpaired) electrons. The molecule has 0 aromatic heterocycles. The van der Waals surface area contributed by atoms with Crippen molar-refractivity contribution in [2.24, 2.45) is 0 Å². The van der Waals surface area contributed by atoms with Gasteiger partial charge in [-0.25, -0.2) is 0 Å². The van der Waals surface area contributed by atoms with Crippen LogP contribution in [0.1, 0.15) is 23.6 Å². The third kappa shape index (κ3) is 1.93. The zero-order valence-electron chi connectivity index (χ0n) is 13.7. The topological polar surface area (TPSA) is 0 Å². The predicted molar refractivity (Wildman–Crippen MR) is 103 cm³/mol. The molecule has 0 saturated carbocycles. The Morgan fingerprint density at radius 3 is 2.17 bits per heavy atom. The van der Waals surface area contributed by atoms with Crippen LogP contribution < -0.4 is 0 Å². The first-order chi connectivity index (χ1) is 11.8. The van der Waals surface area contributed by atoms with Crippen LogP contribution in [0.2, 0.25) is 0 Å². The number of allylic oxidation sites excluding steroid dienone is 1. The van der Waals surface area contributed by atoms with Gasteiger partial charge < -0.3 is 0 Å². The molecule has 0 unspecified atom stereocenters. The zero-order valence-corrected chi connectivity index (χ0v) is 13.7. The number of rotatable bonds is 1. The van der Waals surface area contributed by atoms with E-state index < -0.39 is 0 Å². The highest BCUT2D eigenvalue weighted by molar-refractivity contribution is 6.06. The summed E-state index contributed by atoms with van der Waals surface area (Å²) in [6.45, 7) is 2.27. The van der Waals surface area contributed by atoms with E-state index in [1.165, 1.54) is 49.4 Å². The van der Waals surface area contributed by atoms with Crippen molar-refractivity contribution in [2.45, 2.75) is 13.3 Å². The number of fused-ring (bicyclic) bond motifs is 3. The average molecular weight is 306 g/mol. The minimum Gasteiger partial charge on any atom is -0.0619 e. The van der Waals surface area contributed by atoms with Crippen molar-refractivity contribution in [2.75, 3.05) is 0 Å². The van der Waals surface area contributed by atoms with Gasteiger partial charge in [-0.2, -0.15) is 0 Å². The van der Waals surface area contributed by atoms with E-state index in [-0.39, 0.29) is 0 Å². The molecule has 0 N–H and O–H groups in total. The predicted octanol–water partition coefficient (Wildman–Crippen LogP) is 6.37. The molecule has 0 heterocycles. The quantitative estimate of drug-likeness (QED) is 0.358. The summed E-state index contributed by atoms with van der Waals surface area (Å²) in [4.78, 5) is 0. The summed E-state index contributed by atoms with van der Waals surface area (Å²) in [5, 5.41) is 5.28. The van der Waals surface area contributed by atoms with Crippen molar-refractivity contribution >= 4 is 27.1 Å². The lowest BCUT2D eigenvalue weighted by molar-refractivity contribution is 1.19. The van der Waals surface area contributed by atoms with Crippen LogP contribution in [0.4, 0.5) is 0 Å². The summed E-state index contributed by atoms with van der Waals surface area (Å²) < 4.78 is 0. The van der Waals surface area contributed by atoms with Gasteiger partial charge in [-0.15, -0.1) is 0 Å². The third-order valence-electron chi connectivity index (χ3n) is 5.19. The van der Waals surface area contributed by atoms with Crippen LogP contribution in [0, 0.1) is 0 Å². The first kappa shape index (κ1) is 13.6. The van der Waals surface area contributed by atoms with Crippen LogP contribution in [-0.4, -0.2) is 0 Å². The van der Waals surface area contributed by atoms with Crippen LogP contribution in [0.15, 0.2) is 84.4 Å². The first-order valence-electron chi connectivity index (χ1n) is 8.51. The summed E-state index contributed by atoms with van der Waals surface area (Å²) in [7, 11) is 0. The Balaban J connectivity index is 1.84. The molecule has 0 aliphatic heterocycles. The molecular weight excluding hydrogens is 288 g/mol. The van der Waals surface area contributed by atoms with Crippen LogP contribution in [-0.2, 0) is 6.42 Å². The van der Waals surface area contributed by atoms with Gasteiger partial charge >= 0.3 is 0 Å². The third-order valence-corrected chi connectivity index (χ3v) is 5.19. The van der Waals surface area contributed by atoms with Gasteiger partial charge in [0.05, 0.1) is 0 Å². The van der Waals surface area contributed by atoms with E-state index in [1.54, 1.807) is 0 Å². The Morgan fingerprint density at radius 2 is 1.29 bits per heavy atom.